The fourth-order valence-corrected chi connectivity index (χ4v) is 19.2. The van der Waals surface area contributed by atoms with Gasteiger partial charge in [0.15, 0.2) is 39.4 Å². The molecule has 0 saturated carbocycles. The summed E-state index contributed by atoms with van der Waals surface area (Å²) in [6.45, 7) is 0. The third-order valence-corrected chi connectivity index (χ3v) is 21.8. The van der Waals surface area contributed by atoms with Crippen LogP contribution in [0, 0.1) is 29.1 Å². The van der Waals surface area contributed by atoms with Crippen LogP contribution in [0.1, 0.15) is 0 Å². The van der Waals surface area contributed by atoms with Crippen LogP contribution in [0.5, 0.6) is 0 Å². The molecule has 10 rings (SSSR count). The first-order valence-corrected chi connectivity index (χ1v) is 24.3. The van der Waals surface area contributed by atoms with E-state index in [-0.39, 0.29) is 0 Å². The van der Waals surface area contributed by atoms with E-state index in [0.29, 0.717) is 21.8 Å². The SMILES string of the molecule is Fc1c(F)c(F)c(-n2c3ccc([Si](c4ccccc4)(c4ccccc4)c4ccccc4)cc3c3cc([Si](c4ccccc4)(c4ccccc4)c4ccccc4)ccc32)c(F)c1F. The number of benzene rings is 9. The predicted molar refractivity (Wildman–Crippen MR) is 248 cm³/mol. The lowest BCUT2D eigenvalue weighted by Gasteiger charge is -2.34. The minimum atomic E-state index is -3.15. The highest BCUT2D eigenvalue weighted by atomic mass is 28.3. The lowest BCUT2D eigenvalue weighted by Crippen LogP contribution is -2.74. The van der Waals surface area contributed by atoms with Crippen molar-refractivity contribution in [3.63, 3.8) is 0 Å². The molecule has 1 aromatic heterocycles. The van der Waals surface area contributed by atoms with Gasteiger partial charge in [-0.25, -0.2) is 22.0 Å². The largest absolute Gasteiger partial charge is 0.304 e. The molecule has 0 saturated heterocycles. The third-order valence-electron chi connectivity index (χ3n) is 12.3. The van der Waals surface area contributed by atoms with Crippen molar-refractivity contribution in [3.05, 3.63) is 247 Å². The van der Waals surface area contributed by atoms with Gasteiger partial charge in [-0.05, 0) is 53.6 Å². The molecule has 0 radical (unpaired) electrons. The lowest BCUT2D eigenvalue weighted by molar-refractivity contribution is 0.376. The Morgan fingerprint density at radius 3 is 0.758 bits per heavy atom. The summed E-state index contributed by atoms with van der Waals surface area (Å²) in [5, 5.41) is 9.87. The Balaban J connectivity index is 1.38. The summed E-state index contributed by atoms with van der Waals surface area (Å²) in [7, 11) is -6.30. The van der Waals surface area contributed by atoms with Gasteiger partial charge in [-0.2, -0.15) is 0 Å². The topological polar surface area (TPSA) is 4.93 Å². The molecule has 0 N–H and O–H groups in total. The molecule has 0 atom stereocenters. The molecule has 8 heteroatoms. The second-order valence-electron chi connectivity index (χ2n) is 15.4. The van der Waals surface area contributed by atoms with Crippen molar-refractivity contribution in [1.82, 2.24) is 4.57 Å². The van der Waals surface area contributed by atoms with Crippen molar-refractivity contribution in [1.29, 1.82) is 0 Å². The van der Waals surface area contributed by atoms with Crippen LogP contribution >= 0.6 is 0 Å². The number of nitrogens with zero attached hydrogens (tertiary/aromatic N) is 1. The van der Waals surface area contributed by atoms with Gasteiger partial charge >= 0.3 is 0 Å². The summed E-state index contributed by atoms with van der Waals surface area (Å²) in [5.74, 6) is -10.0. The van der Waals surface area contributed by atoms with Crippen molar-refractivity contribution in [2.24, 2.45) is 0 Å². The average Bonchev–Trinajstić information content (AvgIpc) is 3.65. The van der Waals surface area contributed by atoms with Gasteiger partial charge in [0.1, 0.15) is 5.69 Å². The molecule has 1 nitrogen and oxygen atoms in total. The van der Waals surface area contributed by atoms with Crippen LogP contribution in [0.4, 0.5) is 22.0 Å². The van der Waals surface area contributed by atoms with E-state index in [1.54, 1.807) is 12.1 Å². The highest BCUT2D eigenvalue weighted by Crippen LogP contribution is 2.36. The molecule has 0 bridgehead atoms. The molecular weight excluding hydrogens is 814 g/mol. The highest BCUT2D eigenvalue weighted by Gasteiger charge is 2.44. The van der Waals surface area contributed by atoms with Crippen molar-refractivity contribution in [2.75, 3.05) is 0 Å². The Morgan fingerprint density at radius 2 is 0.500 bits per heavy atom. The molecule has 9 aromatic carbocycles. The van der Waals surface area contributed by atoms with E-state index in [0.717, 1.165) is 41.5 Å². The summed E-state index contributed by atoms with van der Waals surface area (Å²) in [6, 6.07) is 73.7. The van der Waals surface area contributed by atoms with E-state index in [2.05, 4.69) is 84.9 Å². The highest BCUT2D eigenvalue weighted by molar-refractivity contribution is 7.20. The van der Waals surface area contributed by atoms with E-state index >= 15 is 17.6 Å². The first-order valence-electron chi connectivity index (χ1n) is 20.3. The minimum absolute atomic E-state index is 0.299. The Hall–Kier alpha value is -7.14. The second kappa shape index (κ2) is 15.7. The quantitative estimate of drug-likeness (QED) is 0.0454. The zero-order valence-corrected chi connectivity index (χ0v) is 35.1. The normalized spacial score (nSPS) is 12.0. The van der Waals surface area contributed by atoms with Crippen LogP contribution in [0.25, 0.3) is 27.5 Å². The number of hydrogen-bond donors (Lipinski definition) is 0. The summed E-state index contributed by atoms with van der Waals surface area (Å²) in [4.78, 5) is 0. The van der Waals surface area contributed by atoms with E-state index in [1.165, 1.54) is 4.57 Å². The van der Waals surface area contributed by atoms with Gasteiger partial charge in [0, 0.05) is 10.8 Å². The van der Waals surface area contributed by atoms with Gasteiger partial charge in [0.05, 0.1) is 11.0 Å². The molecule has 0 amide bonds. The van der Waals surface area contributed by atoms with Crippen molar-refractivity contribution in [3.8, 4) is 5.69 Å². The number of fused-ring (bicyclic) bond motifs is 3. The molecule has 1 heterocycles. The van der Waals surface area contributed by atoms with Gasteiger partial charge in [0.2, 0.25) is 5.82 Å². The maximum atomic E-state index is 16.2. The van der Waals surface area contributed by atoms with Crippen LogP contribution in [-0.2, 0) is 0 Å². The number of aromatic nitrogens is 1. The zero-order valence-electron chi connectivity index (χ0n) is 33.1. The van der Waals surface area contributed by atoms with Crippen LogP contribution in [0.15, 0.2) is 218 Å². The molecule has 0 aliphatic heterocycles. The first kappa shape index (κ1) is 39.0. The molecule has 0 spiro atoms. The summed E-state index contributed by atoms with van der Waals surface area (Å²) >= 11 is 0. The summed E-state index contributed by atoms with van der Waals surface area (Å²) < 4.78 is 78.6. The van der Waals surface area contributed by atoms with Crippen LogP contribution < -0.4 is 41.5 Å². The standard InChI is InChI=1S/C54H36F5NSi2/c55-49-50(56)52(58)54(53(59)51(49)57)60-47-33-31-43(61(37-19-7-1-8-20-37,38-21-9-2-10-22-38)39-23-11-3-12-24-39)35-45(47)46-36-44(32-34-48(46)60)62(40-25-13-4-14-26-40,41-27-15-5-16-28-41)42-29-17-6-18-30-42/h1-36H. The summed E-state index contributed by atoms with van der Waals surface area (Å²) in [5.41, 5.74) is -0.433. The lowest BCUT2D eigenvalue weighted by atomic mass is 10.1. The molecule has 0 unspecified atom stereocenters. The van der Waals surface area contributed by atoms with Crippen LogP contribution in [-0.4, -0.2) is 20.7 Å². The van der Waals surface area contributed by atoms with E-state index in [4.69, 9.17) is 0 Å². The van der Waals surface area contributed by atoms with Crippen molar-refractivity contribution >= 4 is 79.4 Å². The van der Waals surface area contributed by atoms with Crippen molar-refractivity contribution < 1.29 is 22.0 Å². The zero-order chi connectivity index (χ0) is 42.4. The maximum Gasteiger partial charge on any atom is 0.200 e. The second-order valence-corrected chi connectivity index (χ2v) is 23.0. The van der Waals surface area contributed by atoms with Gasteiger partial charge in [-0.1, -0.05) is 206 Å². The molecule has 62 heavy (non-hydrogen) atoms. The number of hydrogen-bond acceptors (Lipinski definition) is 0. The van der Waals surface area contributed by atoms with Gasteiger partial charge < -0.3 is 4.57 Å². The van der Waals surface area contributed by atoms with E-state index in [9.17, 15) is 4.39 Å². The molecular formula is C54H36F5NSi2. The van der Waals surface area contributed by atoms with Gasteiger partial charge in [-0.15, -0.1) is 0 Å². The third kappa shape index (κ3) is 5.93. The molecule has 0 fully saturated rings. The van der Waals surface area contributed by atoms with E-state index < -0.39 is 50.9 Å². The van der Waals surface area contributed by atoms with Crippen molar-refractivity contribution in [2.45, 2.75) is 0 Å². The summed E-state index contributed by atoms with van der Waals surface area (Å²) in [6.07, 6.45) is 0. The molecule has 0 aliphatic carbocycles. The Labute approximate surface area is 357 Å². The first-order chi connectivity index (χ1) is 30.4. The number of halogens is 5. The van der Waals surface area contributed by atoms with Crippen LogP contribution in [0.2, 0.25) is 0 Å². The monoisotopic (exact) mass is 849 g/mol. The van der Waals surface area contributed by atoms with E-state index in [1.807, 2.05) is 121 Å². The minimum Gasteiger partial charge on any atom is -0.304 e. The Bertz CT molecular complexity index is 2810. The fourth-order valence-electron chi connectivity index (χ4n) is 9.65. The molecule has 0 aliphatic rings. The Kier molecular flexibility index (Phi) is 9.89. The smallest absolute Gasteiger partial charge is 0.200 e. The predicted octanol–water partition coefficient (Wildman–Crippen LogP) is 8.23. The molecule has 300 valence electrons. The average molecular weight is 850 g/mol. The van der Waals surface area contributed by atoms with Gasteiger partial charge in [0.25, 0.3) is 0 Å². The van der Waals surface area contributed by atoms with Crippen LogP contribution in [0.3, 0.4) is 0 Å². The fraction of sp³-hybridized carbons (Fsp3) is 0. The molecule has 10 aromatic rings. The number of rotatable bonds is 9. The maximum absolute atomic E-state index is 16.2. The van der Waals surface area contributed by atoms with Gasteiger partial charge in [-0.3, -0.25) is 0 Å². The Morgan fingerprint density at radius 1 is 0.258 bits per heavy atom.